The topological polar surface area (TPSA) is 70.5 Å². The molecule has 0 spiro atoms. The molecule has 3 heterocycles. The quantitative estimate of drug-likeness (QED) is 0.309. The molecule has 5 rings (SSSR count). The van der Waals surface area contributed by atoms with Crippen LogP contribution in [0.4, 0.5) is 24.0 Å². The molecule has 0 atom stereocenters. The van der Waals surface area contributed by atoms with E-state index in [1.807, 2.05) is 53.3 Å². The minimum absolute atomic E-state index is 0.00217. The van der Waals surface area contributed by atoms with Crippen LogP contribution in [-0.4, -0.2) is 57.3 Å². The first kappa shape index (κ1) is 27.4. The summed E-state index contributed by atoms with van der Waals surface area (Å²) in [4.78, 5) is 33.5. The lowest BCUT2D eigenvalue weighted by molar-refractivity contribution is -0.137. The lowest BCUT2D eigenvalue weighted by Gasteiger charge is -2.34. The maximum atomic E-state index is 13.6. The molecule has 2 aromatic heterocycles. The smallest absolute Gasteiger partial charge is 0.339 e. The highest BCUT2D eigenvalue weighted by molar-refractivity contribution is 7.14. The molecule has 1 aliphatic heterocycles. The van der Waals surface area contributed by atoms with Crippen molar-refractivity contribution >= 4 is 34.0 Å². The van der Waals surface area contributed by atoms with E-state index >= 15 is 0 Å². The number of hydrogen-bond acceptors (Lipinski definition) is 5. The van der Waals surface area contributed by atoms with Crippen LogP contribution >= 0.6 is 11.3 Å². The van der Waals surface area contributed by atoms with Crippen LogP contribution in [0.25, 0.3) is 11.4 Å². The minimum Gasteiger partial charge on any atom is -0.339 e. The van der Waals surface area contributed by atoms with Crippen molar-refractivity contribution in [1.29, 1.82) is 0 Å². The number of aromatic nitrogens is 2. The number of thiazole rings is 1. The van der Waals surface area contributed by atoms with Crippen LogP contribution in [0, 0.1) is 6.92 Å². The molecule has 1 N–H and O–H groups in total. The molecule has 1 fully saturated rings. The zero-order chi connectivity index (χ0) is 28.4. The van der Waals surface area contributed by atoms with Gasteiger partial charge in [-0.05, 0) is 36.8 Å². The third-order valence-corrected chi connectivity index (χ3v) is 7.76. The first-order chi connectivity index (χ1) is 19.1. The summed E-state index contributed by atoms with van der Waals surface area (Å²) in [6, 6.07) is 16.7. The van der Waals surface area contributed by atoms with Crippen LogP contribution in [0.5, 0.6) is 0 Å². The SMILES string of the molecule is CC(=O)N1CCN(C(=O)c2cc(-c3csc(Nc4cccc(C(F)(F)F)c4)n3)n(Cc3ccccc3)c2C)CC1. The summed E-state index contributed by atoms with van der Waals surface area (Å²) in [5.74, 6) is -0.107. The Morgan fingerprint density at radius 3 is 2.35 bits per heavy atom. The van der Waals surface area contributed by atoms with Crippen LogP contribution in [0.1, 0.15) is 34.1 Å². The number of halogens is 3. The highest BCUT2D eigenvalue weighted by Gasteiger charge is 2.31. The number of amides is 2. The third kappa shape index (κ3) is 5.89. The molecule has 11 heteroatoms. The van der Waals surface area contributed by atoms with Gasteiger partial charge in [0.2, 0.25) is 5.91 Å². The average Bonchev–Trinajstić information content (AvgIpc) is 3.53. The molecule has 0 aliphatic carbocycles. The van der Waals surface area contributed by atoms with E-state index in [0.29, 0.717) is 49.1 Å². The fraction of sp³-hybridized carbons (Fsp3) is 0.276. The highest BCUT2D eigenvalue weighted by Crippen LogP contribution is 2.34. The van der Waals surface area contributed by atoms with Gasteiger partial charge in [0.1, 0.15) is 0 Å². The van der Waals surface area contributed by atoms with Crippen molar-refractivity contribution in [2.45, 2.75) is 26.6 Å². The normalized spacial score (nSPS) is 13.9. The van der Waals surface area contributed by atoms with Gasteiger partial charge in [0.25, 0.3) is 5.91 Å². The number of benzene rings is 2. The van der Waals surface area contributed by atoms with Crippen LogP contribution in [0.2, 0.25) is 0 Å². The van der Waals surface area contributed by atoms with Crippen LogP contribution in [0.3, 0.4) is 0 Å². The number of hydrogen-bond donors (Lipinski definition) is 1. The van der Waals surface area contributed by atoms with Gasteiger partial charge in [-0.1, -0.05) is 36.4 Å². The lowest BCUT2D eigenvalue weighted by atomic mass is 10.2. The first-order valence-corrected chi connectivity index (χ1v) is 13.7. The van der Waals surface area contributed by atoms with Gasteiger partial charge in [-0.15, -0.1) is 11.3 Å². The second-order valence-electron chi connectivity index (χ2n) is 9.64. The summed E-state index contributed by atoms with van der Waals surface area (Å²) in [6.07, 6.45) is -4.44. The Hall–Kier alpha value is -4.12. The van der Waals surface area contributed by atoms with Gasteiger partial charge in [0.15, 0.2) is 5.13 Å². The van der Waals surface area contributed by atoms with E-state index in [2.05, 4.69) is 10.3 Å². The van der Waals surface area contributed by atoms with Gasteiger partial charge in [0.05, 0.1) is 22.5 Å². The number of piperazine rings is 1. The van der Waals surface area contributed by atoms with Crippen molar-refractivity contribution in [2.24, 2.45) is 0 Å². The third-order valence-electron chi connectivity index (χ3n) is 7.00. The van der Waals surface area contributed by atoms with Gasteiger partial charge in [-0.2, -0.15) is 13.2 Å². The van der Waals surface area contributed by atoms with Crippen molar-refractivity contribution in [3.63, 3.8) is 0 Å². The van der Waals surface area contributed by atoms with E-state index < -0.39 is 11.7 Å². The molecule has 208 valence electrons. The van der Waals surface area contributed by atoms with Crippen molar-refractivity contribution in [2.75, 3.05) is 31.5 Å². The second-order valence-corrected chi connectivity index (χ2v) is 10.5. The number of alkyl halides is 3. The molecule has 1 saturated heterocycles. The van der Waals surface area contributed by atoms with Gasteiger partial charge in [-0.25, -0.2) is 4.98 Å². The Labute approximate surface area is 233 Å². The standard InChI is InChI=1S/C29H28F3N5O2S/c1-19-24(27(39)36-13-11-35(12-14-36)20(2)38)16-26(37(19)17-21-7-4-3-5-8-21)25-18-40-28(34-25)33-23-10-6-9-22(15-23)29(30,31)32/h3-10,15-16,18H,11-14,17H2,1-2H3,(H,33,34). The highest BCUT2D eigenvalue weighted by atomic mass is 32.1. The molecule has 40 heavy (non-hydrogen) atoms. The number of carbonyl (C=O) groups is 2. The average molecular weight is 568 g/mol. The molecule has 1 aliphatic rings. The molecular formula is C29H28F3N5O2S. The number of rotatable bonds is 6. The first-order valence-electron chi connectivity index (χ1n) is 12.8. The van der Waals surface area contributed by atoms with Gasteiger partial charge >= 0.3 is 6.18 Å². The summed E-state index contributed by atoms with van der Waals surface area (Å²) in [5, 5.41) is 5.24. The summed E-state index contributed by atoms with van der Waals surface area (Å²) < 4.78 is 41.5. The molecule has 2 aromatic carbocycles. The molecule has 0 radical (unpaired) electrons. The van der Waals surface area contributed by atoms with Crippen molar-refractivity contribution in [3.05, 3.63) is 88.4 Å². The largest absolute Gasteiger partial charge is 0.416 e. The zero-order valence-corrected chi connectivity index (χ0v) is 22.9. The summed E-state index contributed by atoms with van der Waals surface area (Å²) in [6.45, 7) is 5.85. The predicted octanol–water partition coefficient (Wildman–Crippen LogP) is 6.04. The second kappa shape index (κ2) is 11.2. The van der Waals surface area contributed by atoms with E-state index in [-0.39, 0.29) is 17.5 Å². The van der Waals surface area contributed by atoms with Gasteiger partial charge in [0, 0.05) is 56.4 Å². The van der Waals surface area contributed by atoms with Crippen molar-refractivity contribution in [1.82, 2.24) is 19.4 Å². The lowest BCUT2D eigenvalue weighted by Crippen LogP contribution is -2.50. The van der Waals surface area contributed by atoms with E-state index in [4.69, 9.17) is 0 Å². The van der Waals surface area contributed by atoms with Gasteiger partial charge < -0.3 is 19.7 Å². The van der Waals surface area contributed by atoms with Crippen molar-refractivity contribution in [3.8, 4) is 11.4 Å². The molecule has 0 bridgehead atoms. The maximum Gasteiger partial charge on any atom is 0.416 e. The van der Waals surface area contributed by atoms with E-state index in [1.165, 1.54) is 24.3 Å². The Morgan fingerprint density at radius 1 is 0.975 bits per heavy atom. The summed E-state index contributed by atoms with van der Waals surface area (Å²) in [7, 11) is 0. The van der Waals surface area contributed by atoms with Crippen LogP contribution in [-0.2, 0) is 17.5 Å². The monoisotopic (exact) mass is 567 g/mol. The van der Waals surface area contributed by atoms with Gasteiger partial charge in [-0.3, -0.25) is 9.59 Å². The number of nitrogens with one attached hydrogen (secondary N) is 1. The Bertz CT molecular complexity index is 1520. The fourth-order valence-electron chi connectivity index (χ4n) is 4.78. The molecule has 0 saturated carbocycles. The maximum absolute atomic E-state index is 13.6. The number of carbonyl (C=O) groups excluding carboxylic acids is 2. The minimum atomic E-state index is -4.44. The van der Waals surface area contributed by atoms with E-state index in [0.717, 1.165) is 29.1 Å². The molecular weight excluding hydrogens is 539 g/mol. The summed E-state index contributed by atoms with van der Waals surface area (Å²) >= 11 is 1.27. The fourth-order valence-corrected chi connectivity index (χ4v) is 5.51. The zero-order valence-electron chi connectivity index (χ0n) is 22.0. The van der Waals surface area contributed by atoms with E-state index in [1.54, 1.807) is 15.9 Å². The molecule has 0 unspecified atom stereocenters. The van der Waals surface area contributed by atoms with E-state index in [9.17, 15) is 22.8 Å². The molecule has 2 amide bonds. The molecule has 4 aromatic rings. The van der Waals surface area contributed by atoms with Crippen LogP contribution < -0.4 is 5.32 Å². The van der Waals surface area contributed by atoms with Crippen LogP contribution in [0.15, 0.2) is 66.0 Å². The number of nitrogens with zero attached hydrogens (tertiary/aromatic N) is 4. The predicted molar refractivity (Wildman–Crippen MR) is 149 cm³/mol. The summed E-state index contributed by atoms with van der Waals surface area (Å²) in [5.41, 5.74) is 3.29. The Kier molecular flexibility index (Phi) is 7.66. The number of anilines is 2. The Balaban J connectivity index is 1.45. The molecule has 7 nitrogen and oxygen atoms in total. The van der Waals surface area contributed by atoms with Crippen molar-refractivity contribution < 1.29 is 22.8 Å². The Morgan fingerprint density at radius 2 is 1.68 bits per heavy atom.